The van der Waals surface area contributed by atoms with Crippen molar-refractivity contribution < 1.29 is 5.11 Å². The number of fused-ring (bicyclic) bond motifs is 3. The predicted octanol–water partition coefficient (Wildman–Crippen LogP) is 2.83. The second-order valence-corrected chi connectivity index (χ2v) is 5.53. The number of hydrogen-bond donors (Lipinski definition) is 1. The summed E-state index contributed by atoms with van der Waals surface area (Å²) in [6.07, 6.45) is 6.52. The third-order valence-corrected chi connectivity index (χ3v) is 4.04. The maximum atomic E-state index is 9.75. The normalized spacial score (nSPS) is 44.3. The van der Waals surface area contributed by atoms with E-state index < -0.39 is 0 Å². The van der Waals surface area contributed by atoms with E-state index >= 15 is 0 Å². The molecule has 3 rings (SSSR count). The van der Waals surface area contributed by atoms with E-state index in [-0.39, 0.29) is 6.10 Å². The summed E-state index contributed by atoms with van der Waals surface area (Å²) >= 11 is 0. The lowest BCUT2D eigenvalue weighted by Gasteiger charge is -2.46. The first-order chi connectivity index (χ1) is 6.16. The van der Waals surface area contributed by atoms with Gasteiger partial charge in [-0.05, 0) is 55.8 Å². The van der Waals surface area contributed by atoms with Crippen LogP contribution in [-0.4, -0.2) is 11.2 Å². The van der Waals surface area contributed by atoms with Crippen molar-refractivity contribution in [3.8, 4) is 0 Å². The van der Waals surface area contributed by atoms with Crippen LogP contribution in [-0.2, 0) is 0 Å². The van der Waals surface area contributed by atoms with Crippen LogP contribution in [0.5, 0.6) is 0 Å². The van der Waals surface area contributed by atoms with E-state index in [4.69, 9.17) is 0 Å². The zero-order valence-corrected chi connectivity index (χ0v) is 8.87. The Labute approximate surface area is 81.5 Å². The van der Waals surface area contributed by atoms with Crippen molar-refractivity contribution in [3.05, 3.63) is 0 Å². The minimum absolute atomic E-state index is 0.0437. The van der Waals surface area contributed by atoms with Crippen molar-refractivity contribution in [2.75, 3.05) is 0 Å². The van der Waals surface area contributed by atoms with Gasteiger partial charge in [-0.2, -0.15) is 0 Å². The van der Waals surface area contributed by atoms with Crippen molar-refractivity contribution in [1.82, 2.24) is 0 Å². The van der Waals surface area contributed by atoms with Crippen molar-refractivity contribution in [3.63, 3.8) is 0 Å². The Kier molecular flexibility index (Phi) is 2.64. The molecule has 1 nitrogen and oxygen atoms in total. The summed E-state index contributed by atoms with van der Waals surface area (Å²) in [6, 6.07) is 0. The first-order valence-corrected chi connectivity index (χ1v) is 5.85. The maximum Gasteiger partial charge on any atom is 0.0571 e. The molecule has 1 N–H and O–H groups in total. The summed E-state index contributed by atoms with van der Waals surface area (Å²) < 4.78 is 0. The van der Waals surface area contributed by atoms with Crippen molar-refractivity contribution in [1.29, 1.82) is 0 Å². The van der Waals surface area contributed by atoms with E-state index in [9.17, 15) is 5.11 Å². The van der Waals surface area contributed by atoms with Crippen LogP contribution in [0.15, 0.2) is 0 Å². The summed E-state index contributed by atoms with van der Waals surface area (Å²) in [5.41, 5.74) is 0. The third kappa shape index (κ3) is 1.90. The van der Waals surface area contributed by atoms with Gasteiger partial charge in [-0.25, -0.2) is 0 Å². The van der Waals surface area contributed by atoms with Crippen LogP contribution in [0.4, 0.5) is 0 Å². The molecule has 0 aromatic carbocycles. The van der Waals surface area contributed by atoms with Crippen LogP contribution in [0.25, 0.3) is 0 Å². The molecular formula is C12H22O. The van der Waals surface area contributed by atoms with E-state index in [0.717, 1.165) is 24.2 Å². The molecule has 13 heavy (non-hydrogen) atoms. The van der Waals surface area contributed by atoms with Gasteiger partial charge in [0.2, 0.25) is 0 Å². The summed E-state index contributed by atoms with van der Waals surface area (Å²) in [7, 11) is 0. The number of aliphatic hydroxyl groups is 1. The van der Waals surface area contributed by atoms with Crippen LogP contribution < -0.4 is 0 Å². The van der Waals surface area contributed by atoms with E-state index in [0.29, 0.717) is 5.92 Å². The second-order valence-electron chi connectivity index (χ2n) is 5.53. The minimum atomic E-state index is 0.0437. The molecule has 0 spiro atoms. The fourth-order valence-corrected chi connectivity index (χ4v) is 3.42. The van der Waals surface area contributed by atoms with Gasteiger partial charge in [-0.3, -0.25) is 0 Å². The summed E-state index contributed by atoms with van der Waals surface area (Å²) in [6.45, 7) is 4.64. The maximum absolute atomic E-state index is 9.75. The molecule has 0 aromatic rings. The Bertz CT molecular complexity index is 176. The molecule has 2 bridgehead atoms. The highest BCUT2D eigenvalue weighted by atomic mass is 16.3. The number of rotatable bonds is 2. The molecular weight excluding hydrogens is 160 g/mol. The lowest BCUT2D eigenvalue weighted by molar-refractivity contribution is -0.0356. The first-order valence-electron chi connectivity index (χ1n) is 5.85. The zero-order chi connectivity index (χ0) is 9.42. The smallest absolute Gasteiger partial charge is 0.0571 e. The number of hydrogen-bond acceptors (Lipinski definition) is 1. The van der Waals surface area contributed by atoms with E-state index in [1.807, 2.05) is 0 Å². The highest BCUT2D eigenvalue weighted by Gasteiger charge is 2.40. The quantitative estimate of drug-likeness (QED) is 0.696. The Morgan fingerprint density at radius 3 is 2.31 bits per heavy atom. The van der Waals surface area contributed by atoms with Gasteiger partial charge in [0.1, 0.15) is 0 Å². The fraction of sp³-hybridized carbons (Fsp3) is 1.00. The van der Waals surface area contributed by atoms with E-state index in [1.165, 1.54) is 25.7 Å². The van der Waals surface area contributed by atoms with Gasteiger partial charge < -0.3 is 5.11 Å². The van der Waals surface area contributed by atoms with Crippen molar-refractivity contribution >= 4 is 0 Å². The molecule has 0 heterocycles. The first kappa shape index (κ1) is 9.51. The predicted molar refractivity (Wildman–Crippen MR) is 54.4 cm³/mol. The monoisotopic (exact) mass is 182 g/mol. The minimum Gasteiger partial charge on any atom is -0.393 e. The van der Waals surface area contributed by atoms with Crippen LogP contribution in [0.1, 0.15) is 46.0 Å². The summed E-state index contributed by atoms with van der Waals surface area (Å²) in [5, 5.41) is 9.75. The fourth-order valence-electron chi connectivity index (χ4n) is 3.42. The average molecular weight is 182 g/mol. The van der Waals surface area contributed by atoms with Gasteiger partial charge in [0.05, 0.1) is 6.10 Å². The van der Waals surface area contributed by atoms with Crippen LogP contribution in [0.3, 0.4) is 0 Å². The lowest BCUT2D eigenvalue weighted by Crippen LogP contribution is -2.41. The molecule has 0 saturated heterocycles. The summed E-state index contributed by atoms with van der Waals surface area (Å²) in [5.74, 6) is 3.26. The van der Waals surface area contributed by atoms with Gasteiger partial charge in [0.15, 0.2) is 0 Å². The molecule has 0 radical (unpaired) electrons. The number of aliphatic hydroxyl groups excluding tert-OH is 1. The summed E-state index contributed by atoms with van der Waals surface area (Å²) in [4.78, 5) is 0. The van der Waals surface area contributed by atoms with Crippen molar-refractivity contribution in [2.45, 2.75) is 52.1 Å². The van der Waals surface area contributed by atoms with Gasteiger partial charge in [0, 0.05) is 0 Å². The van der Waals surface area contributed by atoms with Crippen LogP contribution in [0.2, 0.25) is 0 Å². The molecule has 0 amide bonds. The van der Waals surface area contributed by atoms with Crippen molar-refractivity contribution in [2.24, 2.45) is 23.7 Å². The van der Waals surface area contributed by atoms with Gasteiger partial charge in [-0.15, -0.1) is 0 Å². The molecule has 3 saturated carbocycles. The molecule has 3 aliphatic carbocycles. The standard InChI is InChI=1S/C12H22O/c1-8(2)5-11-6-10-4-3-9(11)7-12(10)13/h8-13H,3-7H2,1-2H3. The highest BCUT2D eigenvalue weighted by molar-refractivity contribution is 4.91. The highest BCUT2D eigenvalue weighted by Crippen LogP contribution is 2.47. The second kappa shape index (κ2) is 3.61. The van der Waals surface area contributed by atoms with E-state index in [1.54, 1.807) is 0 Å². The molecule has 3 aliphatic rings. The zero-order valence-electron chi connectivity index (χ0n) is 8.87. The Morgan fingerprint density at radius 2 is 1.85 bits per heavy atom. The molecule has 4 atom stereocenters. The Hall–Kier alpha value is -0.0400. The topological polar surface area (TPSA) is 20.2 Å². The van der Waals surface area contributed by atoms with Gasteiger partial charge in [-0.1, -0.05) is 13.8 Å². The molecule has 76 valence electrons. The van der Waals surface area contributed by atoms with E-state index in [2.05, 4.69) is 13.8 Å². The molecule has 3 fully saturated rings. The molecule has 0 aromatic heterocycles. The Morgan fingerprint density at radius 1 is 1.15 bits per heavy atom. The third-order valence-electron chi connectivity index (χ3n) is 4.04. The molecule has 0 aliphatic heterocycles. The largest absolute Gasteiger partial charge is 0.393 e. The lowest BCUT2D eigenvalue weighted by atomic mass is 9.61. The van der Waals surface area contributed by atoms with Crippen LogP contribution >= 0.6 is 0 Å². The SMILES string of the molecule is CC(C)CC1CC2CCC1CC2O. The Balaban J connectivity index is 1.94. The average Bonchev–Trinajstić information content (AvgIpc) is 2.05. The van der Waals surface area contributed by atoms with Crippen LogP contribution in [0, 0.1) is 23.7 Å². The van der Waals surface area contributed by atoms with Gasteiger partial charge >= 0.3 is 0 Å². The molecule has 1 heteroatoms. The molecule has 4 unspecified atom stereocenters. The van der Waals surface area contributed by atoms with Gasteiger partial charge in [0.25, 0.3) is 0 Å².